The average molecular weight is 205 g/mol. The normalized spacial score (nSPS) is 25.7. The molecule has 1 aromatic heterocycles. The van der Waals surface area contributed by atoms with E-state index in [0.717, 1.165) is 38.6 Å². The molecule has 0 radical (unpaired) electrons. The largest absolute Gasteiger partial charge is 0.339 e. The Morgan fingerprint density at radius 1 is 1.47 bits per heavy atom. The third kappa shape index (κ3) is 1.44. The quantitative estimate of drug-likeness (QED) is 0.740. The number of aryl methyl sites for hydroxylation is 1. The SMILES string of the molecule is O=C1CCCN1C1CCc2[nH]ncc2C1. The maximum absolute atomic E-state index is 11.6. The van der Waals surface area contributed by atoms with E-state index in [9.17, 15) is 4.79 Å². The zero-order valence-corrected chi connectivity index (χ0v) is 8.70. The number of nitrogens with one attached hydrogen (secondary N) is 1. The second-order valence-corrected chi connectivity index (χ2v) is 4.46. The number of nitrogens with zero attached hydrogens (tertiary/aromatic N) is 2. The lowest BCUT2D eigenvalue weighted by Crippen LogP contribution is -2.39. The Balaban J connectivity index is 1.78. The number of hydrogen-bond donors (Lipinski definition) is 1. The molecule has 1 N–H and O–H groups in total. The molecule has 15 heavy (non-hydrogen) atoms. The van der Waals surface area contributed by atoms with Gasteiger partial charge in [0.15, 0.2) is 0 Å². The Bertz CT molecular complexity index is 385. The smallest absolute Gasteiger partial charge is 0.222 e. The molecule has 0 saturated carbocycles. The molecule has 4 heteroatoms. The third-order valence-electron chi connectivity index (χ3n) is 3.54. The number of carbonyl (C=O) groups is 1. The van der Waals surface area contributed by atoms with Crippen molar-refractivity contribution < 1.29 is 4.79 Å². The summed E-state index contributed by atoms with van der Waals surface area (Å²) < 4.78 is 0. The minimum absolute atomic E-state index is 0.340. The van der Waals surface area contributed by atoms with Gasteiger partial charge in [0.2, 0.25) is 5.91 Å². The lowest BCUT2D eigenvalue weighted by molar-refractivity contribution is -0.129. The maximum atomic E-state index is 11.6. The fourth-order valence-corrected chi connectivity index (χ4v) is 2.72. The molecule has 2 aliphatic rings. The molecule has 1 unspecified atom stereocenters. The van der Waals surface area contributed by atoms with Crippen LogP contribution in [0.5, 0.6) is 0 Å². The van der Waals surface area contributed by atoms with Gasteiger partial charge in [-0.05, 0) is 31.2 Å². The molecule has 0 aromatic carbocycles. The van der Waals surface area contributed by atoms with Crippen molar-refractivity contribution in [1.29, 1.82) is 0 Å². The van der Waals surface area contributed by atoms with Crippen molar-refractivity contribution in [3.63, 3.8) is 0 Å². The summed E-state index contributed by atoms with van der Waals surface area (Å²) in [7, 11) is 0. The van der Waals surface area contributed by atoms with Gasteiger partial charge in [0.25, 0.3) is 0 Å². The van der Waals surface area contributed by atoms with E-state index in [0.29, 0.717) is 11.9 Å². The molecule has 0 bridgehead atoms. The fraction of sp³-hybridized carbons (Fsp3) is 0.636. The van der Waals surface area contributed by atoms with Crippen molar-refractivity contribution in [1.82, 2.24) is 15.1 Å². The molecule has 3 rings (SSSR count). The van der Waals surface area contributed by atoms with E-state index in [1.165, 1.54) is 11.3 Å². The molecular formula is C11H15N3O. The van der Waals surface area contributed by atoms with Gasteiger partial charge in [-0.15, -0.1) is 0 Å². The van der Waals surface area contributed by atoms with Gasteiger partial charge in [-0.2, -0.15) is 5.10 Å². The van der Waals surface area contributed by atoms with Crippen LogP contribution in [-0.4, -0.2) is 33.6 Å². The molecule has 4 nitrogen and oxygen atoms in total. The maximum Gasteiger partial charge on any atom is 0.222 e. The van der Waals surface area contributed by atoms with Gasteiger partial charge in [0, 0.05) is 24.7 Å². The number of H-pyrrole nitrogens is 1. The van der Waals surface area contributed by atoms with E-state index in [4.69, 9.17) is 0 Å². The monoisotopic (exact) mass is 205 g/mol. The molecule has 1 fully saturated rings. The van der Waals surface area contributed by atoms with Crippen molar-refractivity contribution in [2.24, 2.45) is 0 Å². The number of aromatic amines is 1. The minimum atomic E-state index is 0.340. The van der Waals surface area contributed by atoms with E-state index in [2.05, 4.69) is 15.1 Å². The number of rotatable bonds is 1. The highest BCUT2D eigenvalue weighted by Crippen LogP contribution is 2.25. The van der Waals surface area contributed by atoms with Gasteiger partial charge in [-0.25, -0.2) is 0 Å². The van der Waals surface area contributed by atoms with E-state index >= 15 is 0 Å². The summed E-state index contributed by atoms with van der Waals surface area (Å²) in [6, 6.07) is 0.421. The Morgan fingerprint density at radius 2 is 2.40 bits per heavy atom. The third-order valence-corrected chi connectivity index (χ3v) is 3.54. The highest BCUT2D eigenvalue weighted by atomic mass is 16.2. The first-order chi connectivity index (χ1) is 7.34. The summed E-state index contributed by atoms with van der Waals surface area (Å²) in [6.45, 7) is 0.955. The van der Waals surface area contributed by atoms with E-state index in [-0.39, 0.29) is 0 Å². The number of likely N-dealkylation sites (tertiary alicyclic amines) is 1. The molecule has 1 amide bonds. The molecule has 2 heterocycles. The summed E-state index contributed by atoms with van der Waals surface area (Å²) in [5.74, 6) is 0.340. The molecule has 1 saturated heterocycles. The van der Waals surface area contributed by atoms with Crippen molar-refractivity contribution in [3.05, 3.63) is 17.5 Å². The first kappa shape index (κ1) is 8.95. The van der Waals surface area contributed by atoms with E-state index in [1.807, 2.05) is 6.20 Å². The molecule has 1 atom stereocenters. The van der Waals surface area contributed by atoms with Crippen molar-refractivity contribution in [3.8, 4) is 0 Å². The second kappa shape index (κ2) is 3.36. The number of carbonyl (C=O) groups excluding carboxylic acids is 1. The Kier molecular flexibility index (Phi) is 2.01. The Morgan fingerprint density at radius 3 is 3.20 bits per heavy atom. The summed E-state index contributed by atoms with van der Waals surface area (Å²) >= 11 is 0. The number of amides is 1. The number of aromatic nitrogens is 2. The predicted molar refractivity (Wildman–Crippen MR) is 55.3 cm³/mol. The number of fused-ring (bicyclic) bond motifs is 1. The summed E-state index contributed by atoms with van der Waals surface area (Å²) in [4.78, 5) is 13.7. The van der Waals surface area contributed by atoms with Crippen LogP contribution in [0, 0.1) is 0 Å². The second-order valence-electron chi connectivity index (χ2n) is 4.46. The van der Waals surface area contributed by atoms with Crippen LogP contribution < -0.4 is 0 Å². The molecular weight excluding hydrogens is 190 g/mol. The van der Waals surface area contributed by atoms with Gasteiger partial charge < -0.3 is 4.90 Å². The summed E-state index contributed by atoms with van der Waals surface area (Å²) in [6.07, 6.45) is 6.78. The van der Waals surface area contributed by atoms with Crippen LogP contribution in [0.25, 0.3) is 0 Å². The van der Waals surface area contributed by atoms with Crippen LogP contribution in [0.4, 0.5) is 0 Å². The standard InChI is InChI=1S/C11H15N3O/c15-11-2-1-5-14(11)9-3-4-10-8(6-9)7-12-13-10/h7,9H,1-6H2,(H,12,13). The highest BCUT2D eigenvalue weighted by molar-refractivity contribution is 5.78. The zero-order chi connectivity index (χ0) is 10.3. The van der Waals surface area contributed by atoms with Crippen molar-refractivity contribution in [2.75, 3.05) is 6.54 Å². The van der Waals surface area contributed by atoms with E-state index in [1.54, 1.807) is 0 Å². The molecule has 1 aliphatic carbocycles. The predicted octanol–water partition coefficient (Wildman–Crippen LogP) is 0.889. The van der Waals surface area contributed by atoms with Crippen LogP contribution in [-0.2, 0) is 17.6 Å². The first-order valence-corrected chi connectivity index (χ1v) is 5.65. The van der Waals surface area contributed by atoms with Crippen LogP contribution in [0.3, 0.4) is 0 Å². The minimum Gasteiger partial charge on any atom is -0.339 e. The van der Waals surface area contributed by atoms with Crippen LogP contribution in [0.1, 0.15) is 30.5 Å². The lowest BCUT2D eigenvalue weighted by Gasteiger charge is -2.30. The van der Waals surface area contributed by atoms with Crippen molar-refractivity contribution in [2.45, 2.75) is 38.1 Å². The first-order valence-electron chi connectivity index (χ1n) is 5.65. The summed E-state index contributed by atoms with van der Waals surface area (Å²) in [5, 5.41) is 7.08. The van der Waals surface area contributed by atoms with Gasteiger partial charge in [-0.3, -0.25) is 9.89 Å². The average Bonchev–Trinajstić information content (AvgIpc) is 2.84. The van der Waals surface area contributed by atoms with Crippen LogP contribution in [0.2, 0.25) is 0 Å². The van der Waals surface area contributed by atoms with Crippen LogP contribution in [0.15, 0.2) is 6.20 Å². The Labute approximate surface area is 88.7 Å². The van der Waals surface area contributed by atoms with Gasteiger partial charge in [-0.1, -0.05) is 0 Å². The fourth-order valence-electron chi connectivity index (χ4n) is 2.72. The summed E-state index contributed by atoms with van der Waals surface area (Å²) in [5.41, 5.74) is 2.56. The Hall–Kier alpha value is -1.32. The molecule has 80 valence electrons. The van der Waals surface area contributed by atoms with Gasteiger partial charge in [0.05, 0.1) is 6.20 Å². The molecule has 1 aliphatic heterocycles. The van der Waals surface area contributed by atoms with Gasteiger partial charge in [0.1, 0.15) is 0 Å². The van der Waals surface area contributed by atoms with E-state index < -0.39 is 0 Å². The van der Waals surface area contributed by atoms with Crippen molar-refractivity contribution >= 4 is 5.91 Å². The van der Waals surface area contributed by atoms with Crippen LogP contribution >= 0.6 is 0 Å². The zero-order valence-electron chi connectivity index (χ0n) is 8.70. The lowest BCUT2D eigenvalue weighted by atomic mass is 9.92. The number of hydrogen-bond acceptors (Lipinski definition) is 2. The topological polar surface area (TPSA) is 49.0 Å². The highest BCUT2D eigenvalue weighted by Gasteiger charge is 2.30. The van der Waals surface area contributed by atoms with Gasteiger partial charge >= 0.3 is 0 Å². The molecule has 0 spiro atoms. The molecule has 1 aromatic rings.